The quantitative estimate of drug-likeness (QED) is 0.461. The van der Waals surface area contributed by atoms with Crippen molar-refractivity contribution in [1.82, 2.24) is 29.9 Å². The predicted octanol–water partition coefficient (Wildman–Crippen LogP) is 3.69. The number of fused-ring (bicyclic) bond motifs is 1. The van der Waals surface area contributed by atoms with Crippen LogP contribution in [-0.2, 0) is 19.6 Å². The van der Waals surface area contributed by atoms with Crippen LogP contribution in [0.1, 0.15) is 36.3 Å². The van der Waals surface area contributed by atoms with Gasteiger partial charge >= 0.3 is 6.18 Å². The number of benzene rings is 1. The summed E-state index contributed by atoms with van der Waals surface area (Å²) in [7, 11) is 1.88. The van der Waals surface area contributed by atoms with Gasteiger partial charge in [-0.05, 0) is 30.0 Å². The Balaban J connectivity index is 1.56. The lowest BCUT2D eigenvalue weighted by molar-refractivity contribution is -0.140. The van der Waals surface area contributed by atoms with Crippen molar-refractivity contribution in [2.24, 2.45) is 7.05 Å². The molecule has 1 aliphatic rings. The van der Waals surface area contributed by atoms with E-state index in [9.17, 15) is 18.3 Å². The van der Waals surface area contributed by atoms with Crippen molar-refractivity contribution < 1.29 is 18.3 Å². The number of aliphatic hydroxyl groups is 1. The summed E-state index contributed by atoms with van der Waals surface area (Å²) in [6.45, 7) is 2.79. The van der Waals surface area contributed by atoms with Crippen LogP contribution in [0.2, 0.25) is 0 Å². The Bertz CT molecular complexity index is 1330. The van der Waals surface area contributed by atoms with Crippen LogP contribution >= 0.6 is 0 Å². The van der Waals surface area contributed by atoms with Gasteiger partial charge in [0.15, 0.2) is 0 Å². The molecule has 178 valence electrons. The molecule has 0 spiro atoms. The molecule has 0 aliphatic carbocycles. The molecule has 4 heterocycles. The third kappa shape index (κ3) is 4.11. The van der Waals surface area contributed by atoms with Gasteiger partial charge in [0.05, 0.1) is 11.8 Å². The monoisotopic (exact) mass is 471 g/mol. The number of nitrogens with one attached hydrogen (secondary N) is 1. The zero-order chi connectivity index (χ0) is 24.0. The van der Waals surface area contributed by atoms with Gasteiger partial charge < -0.3 is 14.6 Å². The molecule has 1 aliphatic heterocycles. The predicted molar refractivity (Wildman–Crippen MR) is 120 cm³/mol. The molecule has 1 fully saturated rings. The Morgan fingerprint density at radius 1 is 1.26 bits per heavy atom. The van der Waals surface area contributed by atoms with Gasteiger partial charge in [0.2, 0.25) is 0 Å². The Hall–Kier alpha value is -3.47. The highest BCUT2D eigenvalue weighted by molar-refractivity contribution is 5.97. The maximum atomic E-state index is 13.7. The number of nitrogens with zero attached hydrogens (tertiary/aromatic N) is 6. The molecule has 1 saturated heterocycles. The maximum Gasteiger partial charge on any atom is 0.433 e. The molecule has 0 saturated carbocycles. The molecule has 5 rings (SSSR count). The number of aliphatic hydroxyl groups excluding tert-OH is 1. The number of pyridine rings is 1. The highest BCUT2D eigenvalue weighted by Crippen LogP contribution is 2.38. The van der Waals surface area contributed by atoms with E-state index in [1.54, 1.807) is 11.2 Å². The van der Waals surface area contributed by atoms with E-state index in [4.69, 9.17) is 0 Å². The lowest BCUT2D eigenvalue weighted by Crippen LogP contribution is -2.22. The zero-order valence-corrected chi connectivity index (χ0v) is 18.7. The van der Waals surface area contributed by atoms with Gasteiger partial charge in [0.25, 0.3) is 0 Å². The standard InChI is InChI=1S/C23H24F3N7O/c1-13(8-19-29-27-12-32(19)2)14-4-3-5-15(9-14)20-22-21(31-30-20)17(33-7-6-16(34)11-33)10-18(28-22)23(24,25)26/h3-5,9-10,12-13,16,34H,6-8,11H2,1-2H3,(H,30,31)/t13-,16+/m1/s1. The second-order valence-electron chi connectivity index (χ2n) is 8.80. The van der Waals surface area contributed by atoms with Crippen molar-refractivity contribution in [3.63, 3.8) is 0 Å². The molecule has 2 atom stereocenters. The van der Waals surface area contributed by atoms with Crippen molar-refractivity contribution in [1.29, 1.82) is 0 Å². The number of anilines is 1. The number of rotatable bonds is 5. The molecule has 0 amide bonds. The first kappa shape index (κ1) is 22.3. The maximum absolute atomic E-state index is 13.7. The lowest BCUT2D eigenvalue weighted by Gasteiger charge is -2.20. The van der Waals surface area contributed by atoms with E-state index < -0.39 is 18.0 Å². The first-order valence-electron chi connectivity index (χ1n) is 11.0. The van der Waals surface area contributed by atoms with Gasteiger partial charge in [-0.3, -0.25) is 5.10 Å². The van der Waals surface area contributed by atoms with E-state index in [0.29, 0.717) is 41.8 Å². The van der Waals surface area contributed by atoms with Crippen LogP contribution in [-0.4, -0.2) is 54.2 Å². The number of aryl methyl sites for hydroxylation is 1. The summed E-state index contributed by atoms with van der Waals surface area (Å²) in [5, 5.41) is 25.2. The Labute approximate surface area is 193 Å². The number of alkyl halides is 3. The Morgan fingerprint density at radius 3 is 2.76 bits per heavy atom. The Kier molecular flexibility index (Phi) is 5.51. The first-order chi connectivity index (χ1) is 16.2. The number of hydrogen-bond acceptors (Lipinski definition) is 6. The second-order valence-corrected chi connectivity index (χ2v) is 8.80. The number of aromatic amines is 1. The average Bonchev–Trinajstić information content (AvgIpc) is 3.53. The third-order valence-corrected chi connectivity index (χ3v) is 6.32. The van der Waals surface area contributed by atoms with Crippen molar-refractivity contribution in [3.05, 3.63) is 53.7 Å². The zero-order valence-electron chi connectivity index (χ0n) is 18.7. The first-order valence-corrected chi connectivity index (χ1v) is 11.0. The summed E-state index contributed by atoms with van der Waals surface area (Å²) < 4.78 is 43.0. The molecule has 34 heavy (non-hydrogen) atoms. The minimum absolute atomic E-state index is 0.105. The molecule has 0 radical (unpaired) electrons. The SMILES string of the molecule is C[C@H](Cc1nncn1C)c1cccc(-c2n[nH]c3c(N4CC[C@H](O)C4)cc(C(F)(F)F)nc23)c1. The fourth-order valence-corrected chi connectivity index (χ4v) is 4.41. The molecular weight excluding hydrogens is 447 g/mol. The van der Waals surface area contributed by atoms with Crippen LogP contribution in [0.15, 0.2) is 36.7 Å². The minimum Gasteiger partial charge on any atom is -0.391 e. The number of halogens is 3. The molecule has 3 aromatic heterocycles. The number of hydrogen-bond donors (Lipinski definition) is 2. The fraction of sp³-hybridized carbons (Fsp3) is 0.391. The van der Waals surface area contributed by atoms with Gasteiger partial charge in [-0.25, -0.2) is 4.98 Å². The average molecular weight is 471 g/mol. The van der Waals surface area contributed by atoms with Crippen LogP contribution < -0.4 is 4.90 Å². The highest BCUT2D eigenvalue weighted by Gasteiger charge is 2.35. The second kappa shape index (κ2) is 8.39. The van der Waals surface area contributed by atoms with Gasteiger partial charge in [0.1, 0.15) is 34.6 Å². The summed E-state index contributed by atoms with van der Waals surface area (Å²) in [6, 6.07) is 8.61. The smallest absolute Gasteiger partial charge is 0.391 e. The molecular formula is C23H24F3N7O. The van der Waals surface area contributed by atoms with Gasteiger partial charge in [-0.2, -0.15) is 18.3 Å². The fourth-order valence-electron chi connectivity index (χ4n) is 4.41. The van der Waals surface area contributed by atoms with Crippen molar-refractivity contribution in [2.45, 2.75) is 38.0 Å². The normalized spacial score (nSPS) is 17.6. The van der Waals surface area contributed by atoms with E-state index in [2.05, 4.69) is 32.3 Å². The summed E-state index contributed by atoms with van der Waals surface area (Å²) in [5.74, 6) is 0.949. The number of β-amino-alcohol motifs (C(OH)–C–C–N with tert-alkyl or cyclic N) is 1. The van der Waals surface area contributed by atoms with Gasteiger partial charge in [0, 0.05) is 32.1 Å². The van der Waals surface area contributed by atoms with Gasteiger partial charge in [-0.1, -0.05) is 25.1 Å². The third-order valence-electron chi connectivity index (χ3n) is 6.32. The summed E-state index contributed by atoms with van der Waals surface area (Å²) in [5.41, 5.74) is 1.98. The van der Waals surface area contributed by atoms with Crippen molar-refractivity contribution in [3.8, 4) is 11.3 Å². The molecule has 4 aromatic rings. The molecule has 8 nitrogen and oxygen atoms in total. The molecule has 0 unspecified atom stereocenters. The van der Waals surface area contributed by atoms with Crippen LogP contribution in [0, 0.1) is 0 Å². The van der Waals surface area contributed by atoms with E-state index in [0.717, 1.165) is 17.5 Å². The number of aromatic nitrogens is 6. The summed E-state index contributed by atoms with van der Waals surface area (Å²) in [6.07, 6.45) is -2.37. The lowest BCUT2D eigenvalue weighted by atomic mass is 9.95. The largest absolute Gasteiger partial charge is 0.433 e. The summed E-state index contributed by atoms with van der Waals surface area (Å²) in [4.78, 5) is 5.69. The van der Waals surface area contributed by atoms with E-state index in [-0.39, 0.29) is 18.0 Å². The Morgan fingerprint density at radius 2 is 2.09 bits per heavy atom. The summed E-state index contributed by atoms with van der Waals surface area (Å²) >= 11 is 0. The van der Waals surface area contributed by atoms with E-state index in [1.807, 2.05) is 35.9 Å². The minimum atomic E-state index is -4.61. The highest BCUT2D eigenvalue weighted by atomic mass is 19.4. The number of H-pyrrole nitrogens is 1. The van der Waals surface area contributed by atoms with Crippen molar-refractivity contribution >= 4 is 16.7 Å². The van der Waals surface area contributed by atoms with Crippen LogP contribution in [0.3, 0.4) is 0 Å². The van der Waals surface area contributed by atoms with Gasteiger partial charge in [-0.15, -0.1) is 10.2 Å². The molecule has 0 bridgehead atoms. The topological polar surface area (TPSA) is 95.8 Å². The van der Waals surface area contributed by atoms with E-state index in [1.165, 1.54) is 0 Å². The molecule has 1 aromatic carbocycles. The van der Waals surface area contributed by atoms with Crippen molar-refractivity contribution in [2.75, 3.05) is 18.0 Å². The molecule has 2 N–H and O–H groups in total. The molecule has 11 heteroatoms. The van der Waals surface area contributed by atoms with Crippen LogP contribution in [0.5, 0.6) is 0 Å². The van der Waals surface area contributed by atoms with Crippen LogP contribution in [0.4, 0.5) is 18.9 Å². The van der Waals surface area contributed by atoms with Crippen LogP contribution in [0.25, 0.3) is 22.3 Å². The van der Waals surface area contributed by atoms with E-state index >= 15 is 0 Å².